The Labute approximate surface area is 688 Å². The fourth-order valence-electron chi connectivity index (χ4n) is 9.19. The summed E-state index contributed by atoms with van der Waals surface area (Å²) in [5.41, 5.74) is 20.9. The van der Waals surface area contributed by atoms with E-state index in [9.17, 15) is 0 Å². The van der Waals surface area contributed by atoms with Gasteiger partial charge in [0.1, 0.15) is 11.5 Å². The van der Waals surface area contributed by atoms with Gasteiger partial charge in [-0.05, 0) is 218 Å². The molecule has 0 amide bonds. The zero-order chi connectivity index (χ0) is 84.6. The van der Waals surface area contributed by atoms with Gasteiger partial charge in [0.05, 0.1) is 23.5 Å². The molecule has 0 aliphatic heterocycles. The fourth-order valence-corrected chi connectivity index (χ4v) is 9.19. The maximum absolute atomic E-state index is 8.58. The van der Waals surface area contributed by atoms with E-state index < -0.39 is 0 Å². The summed E-state index contributed by atoms with van der Waals surface area (Å²) in [5.74, 6) is 6.95. The van der Waals surface area contributed by atoms with Crippen molar-refractivity contribution in [1.82, 2.24) is 64.8 Å². The van der Waals surface area contributed by atoms with Crippen molar-refractivity contribution in [3.63, 3.8) is 0 Å². The zero-order valence-electron chi connectivity index (χ0n) is 73.8. The molecule has 11 aromatic heterocycles. The maximum Gasteiger partial charge on any atom is 0.181 e. The van der Waals surface area contributed by atoms with Gasteiger partial charge in [-0.15, -0.1) is 0 Å². The van der Waals surface area contributed by atoms with E-state index in [-0.39, 0.29) is 12.8 Å². The second-order valence-electron chi connectivity index (χ2n) is 31.8. The van der Waals surface area contributed by atoms with Crippen LogP contribution < -0.4 is 0 Å². The van der Waals surface area contributed by atoms with Gasteiger partial charge in [0.15, 0.2) is 12.2 Å². The van der Waals surface area contributed by atoms with Crippen LogP contribution in [0.1, 0.15) is 327 Å². The number of hydrogen-bond donors (Lipinski definition) is 0. The number of pyridine rings is 8. The van der Waals surface area contributed by atoms with Crippen molar-refractivity contribution < 1.29 is 4.42 Å². The van der Waals surface area contributed by atoms with Gasteiger partial charge in [0.25, 0.3) is 0 Å². The summed E-state index contributed by atoms with van der Waals surface area (Å²) in [6.45, 7) is 61.6. The molecule has 0 unspecified atom stereocenters. The Hall–Kier alpha value is -10.7. The molecule has 0 aliphatic rings. The Bertz CT molecular complexity index is 4010. The first-order valence-electron chi connectivity index (χ1n) is 39.8. The van der Waals surface area contributed by atoms with Crippen LogP contribution in [0.2, 0.25) is 0 Å². The van der Waals surface area contributed by atoms with Crippen LogP contribution in [0.15, 0.2) is 231 Å². The van der Waals surface area contributed by atoms with E-state index in [1.54, 1.807) is 43.4 Å². The SMILES string of the molecule is C.CC(C)(C)c1ccc(C#N)cc1.CC(C)c1ccc(-c2cnco2)nc1.CC(C)c1ccccn1.CC(C)c1cccnc1.CC(C)c1cnccn1.CC(C)c1ncccn1.Cc1ccc(C(C)C)cn1.Cc1ccc(C(C)C)nc1.Cc1ccc(C(C)C)nc1.Cc1ccc(C(C)C)nc1.Cc1ccc(C(C)C)nc1C. The third-order valence-corrected chi connectivity index (χ3v) is 17.1. The maximum atomic E-state index is 8.58. The molecule has 0 saturated heterocycles. The molecule has 15 nitrogen and oxygen atoms in total. The quantitative estimate of drug-likeness (QED) is 0.118. The molecule has 12 aromatic rings. The van der Waals surface area contributed by atoms with Gasteiger partial charge >= 0.3 is 0 Å². The normalized spacial score (nSPS) is 10.3. The van der Waals surface area contributed by atoms with E-state index in [0.29, 0.717) is 64.9 Å². The lowest BCUT2D eigenvalue weighted by Crippen LogP contribution is -2.10. The number of aryl methyl sites for hydroxylation is 6. The molecule has 12 rings (SSSR count). The number of oxazole rings is 1. The first-order valence-corrected chi connectivity index (χ1v) is 39.8. The van der Waals surface area contributed by atoms with Crippen molar-refractivity contribution in [3.8, 4) is 17.5 Å². The molecule has 0 saturated carbocycles. The molecule has 0 aliphatic carbocycles. The van der Waals surface area contributed by atoms with Crippen LogP contribution >= 0.6 is 0 Å². The first kappa shape index (κ1) is 101. The molecule has 1 aromatic carbocycles. The summed E-state index contributed by atoms with van der Waals surface area (Å²) in [5, 5.41) is 8.58. The fraction of sp³-hybridized carbons (Fsp3) is 0.414. The molecule has 11 heterocycles. The number of hydrogen-bond acceptors (Lipinski definition) is 15. The lowest BCUT2D eigenvalue weighted by atomic mass is 9.87. The highest BCUT2D eigenvalue weighted by Crippen LogP contribution is 2.23. The molecule has 0 bridgehead atoms. The van der Waals surface area contributed by atoms with Crippen LogP contribution in [0.3, 0.4) is 0 Å². The Kier molecular flexibility index (Phi) is 49.5. The molecule has 0 N–H and O–H groups in total. The molecule has 0 spiro atoms. The van der Waals surface area contributed by atoms with Crippen LogP contribution in [0.5, 0.6) is 0 Å². The minimum Gasteiger partial charge on any atom is -0.442 e. The van der Waals surface area contributed by atoms with Crippen molar-refractivity contribution in [2.24, 2.45) is 0 Å². The number of nitriles is 1. The van der Waals surface area contributed by atoms with Crippen molar-refractivity contribution >= 4 is 0 Å². The third-order valence-electron chi connectivity index (χ3n) is 17.1. The van der Waals surface area contributed by atoms with Crippen molar-refractivity contribution in [2.45, 2.75) is 273 Å². The number of benzene rings is 1. The second kappa shape index (κ2) is 55.7. The summed E-state index contributed by atoms with van der Waals surface area (Å²) in [4.78, 5) is 54.0. The Morgan fingerprint density at radius 2 is 0.772 bits per heavy atom. The lowest BCUT2D eigenvalue weighted by molar-refractivity contribution is 0.569. The van der Waals surface area contributed by atoms with Crippen molar-refractivity contribution in [3.05, 3.63) is 328 Å². The Morgan fingerprint density at radius 1 is 0.325 bits per heavy atom. The van der Waals surface area contributed by atoms with Crippen LogP contribution in [0.25, 0.3) is 11.5 Å². The summed E-state index contributed by atoms with van der Waals surface area (Å²) >= 11 is 0. The average molecular weight is 1540 g/mol. The summed E-state index contributed by atoms with van der Waals surface area (Å²) in [6.07, 6.45) is 26.9. The number of nitrogens with zero attached hydrogens (tertiary/aromatic N) is 14. The van der Waals surface area contributed by atoms with Gasteiger partial charge in [0, 0.05) is 126 Å². The minimum absolute atomic E-state index is 0. The predicted molar refractivity (Wildman–Crippen MR) is 479 cm³/mol. The minimum atomic E-state index is 0. The van der Waals surface area contributed by atoms with E-state index in [1.807, 2.05) is 111 Å². The highest BCUT2D eigenvalue weighted by Gasteiger charge is 2.13. The van der Waals surface area contributed by atoms with Crippen LogP contribution in [-0.4, -0.2) is 64.8 Å². The van der Waals surface area contributed by atoms with Crippen molar-refractivity contribution in [2.75, 3.05) is 0 Å². The van der Waals surface area contributed by atoms with E-state index in [0.717, 1.165) is 39.9 Å². The molecule has 15 heteroatoms. The van der Waals surface area contributed by atoms with Crippen molar-refractivity contribution in [1.29, 1.82) is 5.26 Å². The highest BCUT2D eigenvalue weighted by molar-refractivity contribution is 5.50. The average Bonchev–Trinajstić information content (AvgIpc) is 1.16. The predicted octanol–water partition coefficient (Wildman–Crippen LogP) is 26.8. The standard InChI is InChI=1S/C11H12N2O.C11H13N.C10H15N.4C9H13N.2C8H11N.2C7H10N2.CH4/c1-8(2)9-3-4-10(13-5-9)11-6-12-7-14-11;1-11(2,3)10-6-4-9(8-12)5-7-10;1-7(2)10-6-5-8(3)9(4)11-10;1-7(2)9-5-4-8(3)10-6-9;3*1-7(2)9-5-4-8(3)6-10-9;1-7(2)8-4-3-5-9-6-8;1-7(2)8-5-3-4-6-9-8;1-6(2)7-5-8-3-4-9-7;1-6(2)7-8-4-3-5-9-7;/h3-8H,1-2H3;4-7H,1-3H3;5-7H,1-4H3;4*4-7H,1-3H3;2*3-7H,1-2H3;2*3-6H,1-2H3;1H4. The van der Waals surface area contributed by atoms with Gasteiger partial charge < -0.3 is 4.42 Å². The molecule has 0 atom stereocenters. The lowest BCUT2D eigenvalue weighted by Gasteiger charge is -2.18. The molecular weight excluding hydrogens is 1400 g/mol. The molecule has 610 valence electrons. The van der Waals surface area contributed by atoms with E-state index in [4.69, 9.17) is 9.68 Å². The van der Waals surface area contributed by atoms with E-state index >= 15 is 0 Å². The molecule has 0 fully saturated rings. The molecule has 0 radical (unpaired) electrons. The Morgan fingerprint density at radius 3 is 1.08 bits per heavy atom. The summed E-state index contributed by atoms with van der Waals surface area (Å²) in [7, 11) is 0. The Balaban J connectivity index is 0.000000628. The number of rotatable bonds is 11. The molecular formula is C99H138N14O. The zero-order valence-corrected chi connectivity index (χ0v) is 73.8. The van der Waals surface area contributed by atoms with E-state index in [1.165, 1.54) is 73.7 Å². The van der Waals surface area contributed by atoms with Gasteiger partial charge in [0.2, 0.25) is 0 Å². The topological polar surface area (TPSA) is 204 Å². The van der Waals surface area contributed by atoms with Gasteiger partial charge in [-0.25, -0.2) is 15.0 Å². The van der Waals surface area contributed by atoms with Crippen LogP contribution in [0.4, 0.5) is 0 Å². The second-order valence-corrected chi connectivity index (χ2v) is 31.8. The monoisotopic (exact) mass is 1540 g/mol. The largest absolute Gasteiger partial charge is 0.442 e. The third kappa shape index (κ3) is 43.3. The first-order chi connectivity index (χ1) is 53.4. The highest BCUT2D eigenvalue weighted by atomic mass is 16.3. The van der Waals surface area contributed by atoms with Crippen LogP contribution in [0, 0.1) is 52.9 Å². The smallest absolute Gasteiger partial charge is 0.181 e. The number of aromatic nitrogens is 13. The van der Waals surface area contributed by atoms with E-state index in [2.05, 4.69) is 338 Å². The van der Waals surface area contributed by atoms with Gasteiger partial charge in [-0.2, -0.15) is 5.26 Å². The summed E-state index contributed by atoms with van der Waals surface area (Å²) < 4.78 is 5.15. The molecule has 114 heavy (non-hydrogen) atoms. The van der Waals surface area contributed by atoms with Gasteiger partial charge in [-0.3, -0.25) is 49.8 Å². The van der Waals surface area contributed by atoms with Gasteiger partial charge in [-0.1, -0.05) is 227 Å². The van der Waals surface area contributed by atoms with Crippen LogP contribution in [-0.2, 0) is 5.41 Å². The summed E-state index contributed by atoms with van der Waals surface area (Å²) in [6, 6.07) is 46.7.